The van der Waals surface area contributed by atoms with E-state index in [1.54, 1.807) is 12.4 Å². The zero-order chi connectivity index (χ0) is 16.4. The van der Waals surface area contributed by atoms with Crippen LogP contribution in [0.1, 0.15) is 48.0 Å². The van der Waals surface area contributed by atoms with Crippen molar-refractivity contribution in [2.45, 2.75) is 44.6 Å². The van der Waals surface area contributed by atoms with Gasteiger partial charge in [-0.2, -0.15) is 0 Å². The molecule has 1 aliphatic heterocycles. The summed E-state index contributed by atoms with van der Waals surface area (Å²) in [5.41, 5.74) is 2.77. The van der Waals surface area contributed by atoms with E-state index in [1.807, 2.05) is 23.1 Å². The van der Waals surface area contributed by atoms with Gasteiger partial charge in [0.25, 0.3) is 5.91 Å². The second-order valence-corrected chi connectivity index (χ2v) is 6.61. The van der Waals surface area contributed by atoms with Gasteiger partial charge in [-0.3, -0.25) is 4.79 Å². The van der Waals surface area contributed by atoms with Gasteiger partial charge in [0.1, 0.15) is 0 Å². The van der Waals surface area contributed by atoms with Crippen molar-refractivity contribution < 1.29 is 4.79 Å². The van der Waals surface area contributed by atoms with Crippen molar-refractivity contribution in [1.82, 2.24) is 9.97 Å². The number of para-hydroxylation sites is 1. The van der Waals surface area contributed by atoms with E-state index in [-0.39, 0.29) is 5.91 Å². The first-order valence-electron chi connectivity index (χ1n) is 8.79. The molecule has 1 aliphatic carbocycles. The van der Waals surface area contributed by atoms with Gasteiger partial charge >= 0.3 is 0 Å². The monoisotopic (exact) mass is 322 g/mol. The number of hydrogen-bond donors (Lipinski definition) is 1. The van der Waals surface area contributed by atoms with Gasteiger partial charge in [-0.05, 0) is 30.9 Å². The Hall–Kier alpha value is -2.43. The molecule has 0 spiro atoms. The first kappa shape index (κ1) is 15.1. The Morgan fingerprint density at radius 1 is 1.08 bits per heavy atom. The smallest absolute Gasteiger partial charge is 0.261 e. The molecule has 5 heteroatoms. The molecular formula is C19H22N4O. The van der Waals surface area contributed by atoms with Crippen LogP contribution in [0.2, 0.25) is 0 Å². The Morgan fingerprint density at radius 2 is 1.83 bits per heavy atom. The minimum atomic E-state index is -0.0239. The number of rotatable bonds is 3. The molecule has 1 saturated carbocycles. The standard InChI is InChI=1S/C19H22N4O/c24-18(23-11-10-14-6-4-5-9-17(14)23)15-12-20-19(21-13-15)22-16-7-2-1-3-8-16/h4-6,9,12-13,16H,1-3,7-8,10-11H2,(H,20,21,22). The average Bonchev–Trinajstić information content (AvgIpc) is 3.07. The van der Waals surface area contributed by atoms with Crippen molar-refractivity contribution in [3.63, 3.8) is 0 Å². The molecule has 0 saturated heterocycles. The summed E-state index contributed by atoms with van der Waals surface area (Å²) in [5, 5.41) is 3.39. The summed E-state index contributed by atoms with van der Waals surface area (Å²) in [7, 11) is 0. The van der Waals surface area contributed by atoms with Crippen LogP contribution in [0.15, 0.2) is 36.7 Å². The van der Waals surface area contributed by atoms with Gasteiger partial charge in [-0.1, -0.05) is 37.5 Å². The molecule has 1 aromatic heterocycles. The van der Waals surface area contributed by atoms with Crippen molar-refractivity contribution in [3.05, 3.63) is 47.8 Å². The third-order valence-corrected chi connectivity index (χ3v) is 4.97. The van der Waals surface area contributed by atoms with Crippen molar-refractivity contribution in [3.8, 4) is 0 Å². The maximum atomic E-state index is 12.7. The molecule has 0 radical (unpaired) electrons. The summed E-state index contributed by atoms with van der Waals surface area (Å²) in [6, 6.07) is 8.53. The molecule has 1 fully saturated rings. The molecule has 0 bridgehead atoms. The van der Waals surface area contributed by atoms with Crippen LogP contribution in [-0.4, -0.2) is 28.5 Å². The molecule has 5 nitrogen and oxygen atoms in total. The largest absolute Gasteiger partial charge is 0.351 e. The van der Waals surface area contributed by atoms with Crippen molar-refractivity contribution in [2.75, 3.05) is 16.8 Å². The Bertz CT molecular complexity index is 722. The van der Waals surface area contributed by atoms with Crippen molar-refractivity contribution in [2.24, 2.45) is 0 Å². The normalized spacial score (nSPS) is 17.6. The Kier molecular flexibility index (Phi) is 4.15. The van der Waals surface area contributed by atoms with E-state index in [9.17, 15) is 4.79 Å². The van der Waals surface area contributed by atoms with E-state index in [0.29, 0.717) is 17.6 Å². The van der Waals surface area contributed by atoms with Gasteiger partial charge in [0.2, 0.25) is 5.95 Å². The SMILES string of the molecule is O=C(c1cnc(NC2CCCCC2)nc1)N1CCc2ccccc21. The number of nitrogens with one attached hydrogen (secondary N) is 1. The molecular weight excluding hydrogens is 300 g/mol. The summed E-state index contributed by atoms with van der Waals surface area (Å²) in [6.45, 7) is 0.722. The highest BCUT2D eigenvalue weighted by Gasteiger charge is 2.25. The summed E-state index contributed by atoms with van der Waals surface area (Å²) >= 11 is 0. The number of anilines is 2. The molecule has 1 N–H and O–H groups in total. The number of amides is 1. The minimum absolute atomic E-state index is 0.0239. The number of benzene rings is 1. The quantitative estimate of drug-likeness (QED) is 0.940. The summed E-state index contributed by atoms with van der Waals surface area (Å²) < 4.78 is 0. The van der Waals surface area contributed by atoms with Crippen LogP contribution in [0.3, 0.4) is 0 Å². The fraction of sp³-hybridized carbons (Fsp3) is 0.421. The predicted octanol–water partition coefficient (Wildman–Crippen LogP) is 3.42. The lowest BCUT2D eigenvalue weighted by atomic mass is 9.96. The number of aromatic nitrogens is 2. The molecule has 2 aliphatic rings. The highest BCUT2D eigenvalue weighted by atomic mass is 16.2. The summed E-state index contributed by atoms with van der Waals surface area (Å²) in [4.78, 5) is 23.3. The van der Waals surface area contributed by atoms with Crippen LogP contribution < -0.4 is 10.2 Å². The molecule has 0 atom stereocenters. The maximum Gasteiger partial charge on any atom is 0.261 e. The van der Waals surface area contributed by atoms with Gasteiger partial charge in [0.15, 0.2) is 0 Å². The molecule has 2 heterocycles. The van der Waals surface area contributed by atoms with E-state index in [1.165, 1.54) is 37.7 Å². The Labute approximate surface area is 142 Å². The van der Waals surface area contributed by atoms with Gasteiger partial charge in [-0.25, -0.2) is 9.97 Å². The topological polar surface area (TPSA) is 58.1 Å². The number of carbonyl (C=O) groups is 1. The molecule has 4 rings (SSSR count). The number of hydrogen-bond acceptors (Lipinski definition) is 4. The fourth-order valence-corrected chi connectivity index (χ4v) is 3.65. The summed E-state index contributed by atoms with van der Waals surface area (Å²) in [6.07, 6.45) is 10.4. The van der Waals surface area contributed by atoms with Crippen LogP contribution in [-0.2, 0) is 6.42 Å². The minimum Gasteiger partial charge on any atom is -0.351 e. The molecule has 0 unspecified atom stereocenters. The van der Waals surface area contributed by atoms with E-state index in [4.69, 9.17) is 0 Å². The molecule has 1 amide bonds. The average molecular weight is 322 g/mol. The first-order valence-corrected chi connectivity index (χ1v) is 8.79. The van der Waals surface area contributed by atoms with E-state index in [2.05, 4.69) is 21.4 Å². The molecule has 2 aromatic rings. The second-order valence-electron chi connectivity index (χ2n) is 6.61. The Morgan fingerprint density at radius 3 is 2.62 bits per heavy atom. The third kappa shape index (κ3) is 2.98. The number of nitrogens with zero attached hydrogens (tertiary/aromatic N) is 3. The van der Waals surface area contributed by atoms with Crippen LogP contribution in [0.4, 0.5) is 11.6 Å². The lowest BCUT2D eigenvalue weighted by Gasteiger charge is -2.22. The third-order valence-electron chi connectivity index (χ3n) is 4.97. The van der Waals surface area contributed by atoms with Gasteiger partial charge in [-0.15, -0.1) is 0 Å². The van der Waals surface area contributed by atoms with E-state index < -0.39 is 0 Å². The fourth-order valence-electron chi connectivity index (χ4n) is 3.65. The van der Waals surface area contributed by atoms with E-state index in [0.717, 1.165) is 18.7 Å². The van der Waals surface area contributed by atoms with Crippen molar-refractivity contribution in [1.29, 1.82) is 0 Å². The summed E-state index contributed by atoms with van der Waals surface area (Å²) in [5.74, 6) is 0.601. The lowest BCUT2D eigenvalue weighted by molar-refractivity contribution is 0.0988. The first-order chi connectivity index (χ1) is 11.8. The zero-order valence-corrected chi connectivity index (χ0v) is 13.7. The maximum absolute atomic E-state index is 12.7. The highest BCUT2D eigenvalue weighted by Crippen LogP contribution is 2.28. The Balaban J connectivity index is 1.46. The van der Waals surface area contributed by atoms with Crippen LogP contribution in [0, 0.1) is 0 Å². The molecule has 124 valence electrons. The zero-order valence-electron chi connectivity index (χ0n) is 13.7. The molecule has 1 aromatic carbocycles. The lowest BCUT2D eigenvalue weighted by Crippen LogP contribution is -2.29. The number of carbonyl (C=O) groups excluding carboxylic acids is 1. The van der Waals surface area contributed by atoms with Crippen LogP contribution in [0.5, 0.6) is 0 Å². The van der Waals surface area contributed by atoms with Crippen LogP contribution >= 0.6 is 0 Å². The van der Waals surface area contributed by atoms with Crippen molar-refractivity contribution >= 4 is 17.5 Å². The number of fused-ring (bicyclic) bond motifs is 1. The van der Waals surface area contributed by atoms with Gasteiger partial charge in [0.05, 0.1) is 5.56 Å². The molecule has 24 heavy (non-hydrogen) atoms. The van der Waals surface area contributed by atoms with E-state index >= 15 is 0 Å². The van der Waals surface area contributed by atoms with Crippen LogP contribution in [0.25, 0.3) is 0 Å². The predicted molar refractivity (Wildman–Crippen MR) is 94.4 cm³/mol. The second kappa shape index (κ2) is 6.59. The highest BCUT2D eigenvalue weighted by molar-refractivity contribution is 6.06. The van der Waals surface area contributed by atoms with Gasteiger partial charge in [0, 0.05) is 30.7 Å². The van der Waals surface area contributed by atoms with Gasteiger partial charge < -0.3 is 10.2 Å².